The highest BCUT2D eigenvalue weighted by molar-refractivity contribution is 5.85. The largest absolute Gasteiger partial charge is 0.454 e. The van der Waals surface area contributed by atoms with Crippen LogP contribution in [-0.4, -0.2) is 59.6 Å². The number of ether oxygens (including phenoxy) is 3. The van der Waals surface area contributed by atoms with Crippen molar-refractivity contribution in [2.45, 2.75) is 70.2 Å². The monoisotopic (exact) mass is 529 g/mol. The number of anilines is 1. The number of aliphatic hydroxyl groups is 1. The second-order valence-electron chi connectivity index (χ2n) is 11.2. The molecule has 4 heterocycles. The first-order valence-electron chi connectivity index (χ1n) is 14.3. The minimum atomic E-state index is -0.413. The fraction of sp³-hybridized carbons (Fsp3) is 0.484. The minimum Gasteiger partial charge on any atom is -0.454 e. The molecule has 39 heavy (non-hydrogen) atoms. The maximum absolute atomic E-state index is 13.8. The summed E-state index contributed by atoms with van der Waals surface area (Å²) in [7, 11) is 0. The highest BCUT2D eigenvalue weighted by Crippen LogP contribution is 2.35. The number of benzene rings is 2. The Morgan fingerprint density at radius 2 is 1.79 bits per heavy atom. The van der Waals surface area contributed by atoms with E-state index in [0.29, 0.717) is 25.4 Å². The normalized spacial score (nSPS) is 20.5. The third-order valence-corrected chi connectivity index (χ3v) is 8.54. The average Bonchev–Trinajstić information content (AvgIpc) is 3.73. The van der Waals surface area contributed by atoms with Gasteiger partial charge < -0.3 is 29.1 Å². The van der Waals surface area contributed by atoms with Crippen molar-refractivity contribution < 1.29 is 24.1 Å². The molecular formula is C31H35N3O5. The number of pyridine rings is 1. The van der Waals surface area contributed by atoms with E-state index in [1.165, 1.54) is 17.5 Å². The van der Waals surface area contributed by atoms with Gasteiger partial charge >= 0.3 is 0 Å². The first-order chi connectivity index (χ1) is 19.1. The average molecular weight is 530 g/mol. The highest BCUT2D eigenvalue weighted by Gasteiger charge is 2.31. The molecule has 8 heteroatoms. The molecule has 204 valence electrons. The molecule has 1 N–H and O–H groups in total. The predicted molar refractivity (Wildman–Crippen MR) is 147 cm³/mol. The topological polar surface area (TPSA) is 84.4 Å². The summed E-state index contributed by atoms with van der Waals surface area (Å²) in [5.74, 6) is 2.38. The number of amides is 1. The van der Waals surface area contributed by atoms with Gasteiger partial charge in [0.2, 0.25) is 6.79 Å². The zero-order valence-corrected chi connectivity index (χ0v) is 22.2. The van der Waals surface area contributed by atoms with Gasteiger partial charge in [-0.15, -0.1) is 0 Å². The van der Waals surface area contributed by atoms with Gasteiger partial charge in [0, 0.05) is 43.7 Å². The van der Waals surface area contributed by atoms with E-state index in [4.69, 9.17) is 19.2 Å². The number of carbonyl (C=O) groups is 1. The van der Waals surface area contributed by atoms with E-state index in [-0.39, 0.29) is 18.8 Å². The van der Waals surface area contributed by atoms with Crippen LogP contribution in [0.3, 0.4) is 0 Å². The van der Waals surface area contributed by atoms with Gasteiger partial charge in [0.05, 0.1) is 11.6 Å². The standard InChI is InChI=1S/C31H35N3O5/c35-25-8-10-33(11-9-25)30-24(15-23-14-21-3-1-4-22(21)16-26(23)32-30)18-34(31(36)28-5-2-12-37-28)17-20-6-7-27-29(13-20)39-19-38-27/h6-7,13-16,25,28,35H,1-5,8-12,17-19H2/t28-/m0/s1. The fourth-order valence-corrected chi connectivity index (χ4v) is 6.40. The molecule has 0 spiro atoms. The summed E-state index contributed by atoms with van der Waals surface area (Å²) in [5, 5.41) is 11.3. The van der Waals surface area contributed by atoms with Crippen LogP contribution >= 0.6 is 0 Å². The van der Waals surface area contributed by atoms with Crippen molar-refractivity contribution in [3.63, 3.8) is 0 Å². The Bertz CT molecular complexity index is 1390. The molecular weight excluding hydrogens is 494 g/mol. The van der Waals surface area contributed by atoms with Crippen LogP contribution in [0, 0.1) is 0 Å². The summed E-state index contributed by atoms with van der Waals surface area (Å²) in [6.07, 6.45) is 5.82. The van der Waals surface area contributed by atoms with Crippen LogP contribution in [0.15, 0.2) is 36.4 Å². The van der Waals surface area contributed by atoms with Crippen molar-refractivity contribution in [3.8, 4) is 11.5 Å². The molecule has 2 saturated heterocycles. The number of aromatic nitrogens is 1. The van der Waals surface area contributed by atoms with Crippen molar-refractivity contribution in [1.82, 2.24) is 9.88 Å². The van der Waals surface area contributed by atoms with Crippen molar-refractivity contribution in [3.05, 3.63) is 58.7 Å². The van der Waals surface area contributed by atoms with Crippen LogP contribution in [0.4, 0.5) is 5.82 Å². The van der Waals surface area contributed by atoms with Crippen molar-refractivity contribution >= 4 is 22.6 Å². The number of fused-ring (bicyclic) bond motifs is 3. The quantitative estimate of drug-likeness (QED) is 0.514. The van der Waals surface area contributed by atoms with Crippen LogP contribution in [0.2, 0.25) is 0 Å². The van der Waals surface area contributed by atoms with Crippen LogP contribution in [0.1, 0.15) is 54.4 Å². The van der Waals surface area contributed by atoms with E-state index in [2.05, 4.69) is 23.1 Å². The van der Waals surface area contributed by atoms with Gasteiger partial charge in [0.1, 0.15) is 11.9 Å². The van der Waals surface area contributed by atoms with Crippen LogP contribution in [0.25, 0.3) is 10.9 Å². The second kappa shape index (κ2) is 10.3. The molecule has 1 amide bonds. The fourth-order valence-electron chi connectivity index (χ4n) is 6.40. The van der Waals surface area contributed by atoms with Gasteiger partial charge in [-0.2, -0.15) is 0 Å². The molecule has 1 atom stereocenters. The number of aryl methyl sites for hydroxylation is 2. The maximum atomic E-state index is 13.8. The Kier molecular flexibility index (Phi) is 6.52. The number of rotatable bonds is 6. The lowest BCUT2D eigenvalue weighted by molar-refractivity contribution is -0.142. The summed E-state index contributed by atoms with van der Waals surface area (Å²) in [6, 6.07) is 12.7. The molecule has 2 aromatic carbocycles. The van der Waals surface area contributed by atoms with Gasteiger partial charge in [-0.1, -0.05) is 6.07 Å². The van der Waals surface area contributed by atoms with Crippen LogP contribution in [-0.2, 0) is 35.5 Å². The molecule has 0 bridgehead atoms. The molecule has 1 aromatic heterocycles. The lowest BCUT2D eigenvalue weighted by atomic mass is 10.0. The lowest BCUT2D eigenvalue weighted by Crippen LogP contribution is -2.40. The van der Waals surface area contributed by atoms with Gasteiger partial charge in [0.15, 0.2) is 11.5 Å². The van der Waals surface area contributed by atoms with Gasteiger partial charge in [-0.05, 0) is 92.0 Å². The molecule has 3 aromatic rings. The van der Waals surface area contributed by atoms with E-state index in [0.717, 1.165) is 85.2 Å². The molecule has 1 aliphatic carbocycles. The molecule has 0 saturated carbocycles. The molecule has 8 nitrogen and oxygen atoms in total. The molecule has 7 rings (SSSR count). The summed E-state index contributed by atoms with van der Waals surface area (Å²) in [6.45, 7) is 3.21. The molecule has 2 fully saturated rings. The molecule has 4 aliphatic rings. The van der Waals surface area contributed by atoms with Gasteiger partial charge in [0.25, 0.3) is 5.91 Å². The Balaban J connectivity index is 1.26. The van der Waals surface area contributed by atoms with Crippen molar-refractivity contribution in [2.75, 3.05) is 31.4 Å². The van der Waals surface area contributed by atoms with E-state index in [9.17, 15) is 9.90 Å². The number of hydrogen-bond acceptors (Lipinski definition) is 7. The van der Waals surface area contributed by atoms with Crippen molar-refractivity contribution in [2.24, 2.45) is 0 Å². The summed E-state index contributed by atoms with van der Waals surface area (Å²) in [5.41, 5.74) is 5.84. The zero-order chi connectivity index (χ0) is 26.3. The third kappa shape index (κ3) is 4.92. The van der Waals surface area contributed by atoms with E-state index < -0.39 is 6.10 Å². The lowest BCUT2D eigenvalue weighted by Gasteiger charge is -2.33. The van der Waals surface area contributed by atoms with E-state index >= 15 is 0 Å². The Morgan fingerprint density at radius 3 is 2.62 bits per heavy atom. The maximum Gasteiger partial charge on any atom is 0.252 e. The summed E-state index contributed by atoms with van der Waals surface area (Å²) in [4.78, 5) is 23.2. The smallest absolute Gasteiger partial charge is 0.252 e. The predicted octanol–water partition coefficient (Wildman–Crippen LogP) is 4.12. The van der Waals surface area contributed by atoms with Crippen LogP contribution in [0.5, 0.6) is 11.5 Å². The number of hydrogen-bond donors (Lipinski definition) is 1. The molecule has 0 unspecified atom stereocenters. The number of piperidine rings is 1. The molecule has 0 radical (unpaired) electrons. The first kappa shape index (κ1) is 24.7. The van der Waals surface area contributed by atoms with Crippen LogP contribution < -0.4 is 14.4 Å². The zero-order valence-electron chi connectivity index (χ0n) is 22.2. The Hall–Kier alpha value is -3.36. The number of aliphatic hydroxyl groups excluding tert-OH is 1. The number of carbonyl (C=O) groups excluding carboxylic acids is 1. The highest BCUT2D eigenvalue weighted by atomic mass is 16.7. The third-order valence-electron chi connectivity index (χ3n) is 8.54. The van der Waals surface area contributed by atoms with E-state index in [1.54, 1.807) is 0 Å². The Labute approximate surface area is 228 Å². The van der Waals surface area contributed by atoms with Gasteiger partial charge in [-0.25, -0.2) is 4.98 Å². The number of nitrogens with zero attached hydrogens (tertiary/aromatic N) is 3. The molecule has 3 aliphatic heterocycles. The minimum absolute atomic E-state index is 0.0132. The van der Waals surface area contributed by atoms with Crippen molar-refractivity contribution in [1.29, 1.82) is 0 Å². The Morgan fingerprint density at radius 1 is 0.974 bits per heavy atom. The van der Waals surface area contributed by atoms with Gasteiger partial charge in [-0.3, -0.25) is 4.79 Å². The second-order valence-corrected chi connectivity index (χ2v) is 11.2. The SMILES string of the molecule is O=C([C@@H]1CCCO1)N(Cc1ccc2c(c1)OCO2)Cc1cc2cc3c(cc2nc1N1CCC(O)CC1)CCC3. The summed E-state index contributed by atoms with van der Waals surface area (Å²) >= 11 is 0. The summed E-state index contributed by atoms with van der Waals surface area (Å²) < 4.78 is 16.9. The first-order valence-corrected chi connectivity index (χ1v) is 14.3. The van der Waals surface area contributed by atoms with E-state index in [1.807, 2.05) is 23.1 Å².